The van der Waals surface area contributed by atoms with Crippen LogP contribution in [0.2, 0.25) is 0 Å². The molecule has 1 heterocycles. The van der Waals surface area contributed by atoms with Crippen LogP contribution in [0.5, 0.6) is 11.5 Å². The summed E-state index contributed by atoms with van der Waals surface area (Å²) in [5.41, 5.74) is 5.48. The van der Waals surface area contributed by atoms with E-state index in [0.717, 1.165) is 0 Å². The molecule has 0 radical (unpaired) electrons. The SMILES string of the molecule is COc1ccc(N)c(C(=O)O)c1.COc1ccc2[nH]c(=O)oc(=O)c2c1. The van der Waals surface area contributed by atoms with Crippen molar-refractivity contribution < 1.29 is 23.8 Å². The molecular formula is C17H16N2O7. The fraction of sp³-hybridized carbons (Fsp3) is 0.118. The largest absolute Gasteiger partial charge is 0.497 e. The molecule has 1 aromatic heterocycles. The van der Waals surface area contributed by atoms with E-state index in [2.05, 4.69) is 9.40 Å². The lowest BCUT2D eigenvalue weighted by Crippen LogP contribution is -2.14. The number of benzene rings is 2. The van der Waals surface area contributed by atoms with Gasteiger partial charge in [-0.2, -0.15) is 0 Å². The van der Waals surface area contributed by atoms with Gasteiger partial charge in [-0.15, -0.1) is 0 Å². The van der Waals surface area contributed by atoms with E-state index in [1.54, 1.807) is 18.2 Å². The molecule has 9 heteroatoms. The van der Waals surface area contributed by atoms with Crippen molar-refractivity contribution in [3.63, 3.8) is 0 Å². The number of aromatic amines is 1. The van der Waals surface area contributed by atoms with E-state index < -0.39 is 17.4 Å². The van der Waals surface area contributed by atoms with Gasteiger partial charge < -0.3 is 24.7 Å². The summed E-state index contributed by atoms with van der Waals surface area (Å²) in [6.07, 6.45) is 0. The Bertz CT molecular complexity index is 1050. The van der Waals surface area contributed by atoms with Crippen LogP contribution in [0.15, 0.2) is 50.4 Å². The van der Waals surface area contributed by atoms with E-state index >= 15 is 0 Å². The number of carbonyl (C=O) groups is 1. The molecule has 0 aliphatic heterocycles. The molecule has 3 aromatic rings. The summed E-state index contributed by atoms with van der Waals surface area (Å²) >= 11 is 0. The maximum atomic E-state index is 11.2. The van der Waals surface area contributed by atoms with E-state index in [4.69, 9.17) is 20.3 Å². The molecule has 136 valence electrons. The molecule has 0 unspecified atom stereocenters. The number of methoxy groups -OCH3 is 2. The Hall–Kier alpha value is -3.75. The van der Waals surface area contributed by atoms with Gasteiger partial charge in [-0.1, -0.05) is 0 Å². The quantitative estimate of drug-likeness (QED) is 0.595. The van der Waals surface area contributed by atoms with Crippen molar-refractivity contribution in [2.45, 2.75) is 0 Å². The summed E-state index contributed by atoms with van der Waals surface area (Å²) in [5.74, 6) is -0.780. The number of fused-ring (bicyclic) bond motifs is 1. The molecule has 0 atom stereocenters. The van der Waals surface area contributed by atoms with Gasteiger partial charge in [0.1, 0.15) is 11.5 Å². The van der Waals surface area contributed by atoms with Crippen LogP contribution in [-0.2, 0) is 0 Å². The first-order valence-electron chi connectivity index (χ1n) is 7.23. The molecule has 0 spiro atoms. The number of ether oxygens (including phenoxy) is 2. The van der Waals surface area contributed by atoms with Gasteiger partial charge in [0.05, 0.1) is 30.7 Å². The first-order chi connectivity index (χ1) is 12.3. The smallest absolute Gasteiger partial charge is 0.419 e. The van der Waals surface area contributed by atoms with Crippen molar-refractivity contribution in [1.82, 2.24) is 4.98 Å². The third-order valence-electron chi connectivity index (χ3n) is 3.36. The first-order valence-corrected chi connectivity index (χ1v) is 7.23. The second-order valence-corrected chi connectivity index (χ2v) is 4.97. The summed E-state index contributed by atoms with van der Waals surface area (Å²) in [4.78, 5) is 35.0. The van der Waals surface area contributed by atoms with Gasteiger partial charge in [-0.25, -0.2) is 14.4 Å². The van der Waals surface area contributed by atoms with Crippen molar-refractivity contribution in [3.8, 4) is 11.5 Å². The molecule has 9 nitrogen and oxygen atoms in total. The molecule has 0 amide bonds. The number of hydrogen-bond acceptors (Lipinski definition) is 7. The zero-order valence-electron chi connectivity index (χ0n) is 13.9. The van der Waals surface area contributed by atoms with Crippen LogP contribution in [0.25, 0.3) is 10.9 Å². The molecule has 0 aliphatic carbocycles. The number of rotatable bonds is 3. The van der Waals surface area contributed by atoms with Gasteiger partial charge in [-0.05, 0) is 36.4 Å². The van der Waals surface area contributed by atoms with Gasteiger partial charge in [-0.3, -0.25) is 4.98 Å². The van der Waals surface area contributed by atoms with Gasteiger partial charge in [0, 0.05) is 5.69 Å². The molecule has 0 aliphatic rings. The maximum Gasteiger partial charge on any atom is 0.419 e. The van der Waals surface area contributed by atoms with Crippen LogP contribution in [0, 0.1) is 0 Å². The highest BCUT2D eigenvalue weighted by Gasteiger charge is 2.08. The Balaban J connectivity index is 0.000000190. The number of aromatic nitrogens is 1. The molecule has 2 aromatic carbocycles. The molecule has 4 N–H and O–H groups in total. The Kier molecular flexibility index (Phi) is 5.63. The lowest BCUT2D eigenvalue weighted by Gasteiger charge is -2.03. The number of hydrogen-bond donors (Lipinski definition) is 3. The molecule has 26 heavy (non-hydrogen) atoms. The second kappa shape index (κ2) is 7.88. The van der Waals surface area contributed by atoms with Gasteiger partial charge in [0.2, 0.25) is 0 Å². The highest BCUT2D eigenvalue weighted by molar-refractivity contribution is 5.94. The van der Waals surface area contributed by atoms with Crippen molar-refractivity contribution in [3.05, 3.63) is 62.9 Å². The minimum absolute atomic E-state index is 0.0642. The molecule has 0 bridgehead atoms. The Labute approximate surface area is 146 Å². The van der Waals surface area contributed by atoms with E-state index in [9.17, 15) is 14.4 Å². The number of nitrogens with two attached hydrogens (primary N) is 1. The standard InChI is InChI=1S/C9H7NO4.C8H9NO3/c1-13-5-2-3-7-6(4-5)8(11)14-9(12)10-7;1-12-5-2-3-7(9)6(4-5)8(10)11/h2-4H,1H3,(H,10,12);2-4H,9H2,1H3,(H,10,11). The predicted molar refractivity (Wildman–Crippen MR) is 94.0 cm³/mol. The highest BCUT2D eigenvalue weighted by Crippen LogP contribution is 2.19. The molecule has 3 rings (SSSR count). The minimum Gasteiger partial charge on any atom is -0.497 e. The summed E-state index contributed by atoms with van der Waals surface area (Å²) in [7, 11) is 2.96. The Morgan fingerprint density at radius 1 is 1.08 bits per heavy atom. The van der Waals surface area contributed by atoms with Gasteiger partial charge in [0.25, 0.3) is 0 Å². The van der Waals surface area contributed by atoms with Crippen LogP contribution < -0.4 is 26.6 Å². The predicted octanol–water partition coefficient (Wildman–Crippen LogP) is 1.47. The molecule has 0 saturated heterocycles. The van der Waals surface area contributed by atoms with Crippen molar-refractivity contribution in [2.75, 3.05) is 20.0 Å². The topological polar surface area (TPSA) is 145 Å². The lowest BCUT2D eigenvalue weighted by atomic mass is 10.2. The average molecular weight is 360 g/mol. The lowest BCUT2D eigenvalue weighted by molar-refractivity contribution is 0.0697. The van der Waals surface area contributed by atoms with E-state index in [1.165, 1.54) is 32.4 Å². The number of carboxylic acids is 1. The zero-order valence-corrected chi connectivity index (χ0v) is 13.9. The number of H-pyrrole nitrogens is 1. The molecular weight excluding hydrogens is 344 g/mol. The van der Waals surface area contributed by atoms with E-state index in [0.29, 0.717) is 22.4 Å². The number of anilines is 1. The Morgan fingerprint density at radius 3 is 2.31 bits per heavy atom. The van der Waals surface area contributed by atoms with Crippen LogP contribution in [0.1, 0.15) is 10.4 Å². The minimum atomic E-state index is -1.05. The summed E-state index contributed by atoms with van der Waals surface area (Å²) in [6, 6.07) is 9.25. The number of nitrogens with one attached hydrogen (secondary N) is 1. The summed E-state index contributed by atoms with van der Waals surface area (Å²) in [5, 5.41) is 8.95. The van der Waals surface area contributed by atoms with Crippen LogP contribution in [0.4, 0.5) is 5.69 Å². The second-order valence-electron chi connectivity index (χ2n) is 4.97. The van der Waals surface area contributed by atoms with E-state index in [-0.39, 0.29) is 11.3 Å². The molecule has 0 saturated carbocycles. The fourth-order valence-corrected chi connectivity index (χ4v) is 2.05. The monoisotopic (exact) mass is 360 g/mol. The first kappa shape index (κ1) is 18.6. The van der Waals surface area contributed by atoms with Crippen LogP contribution >= 0.6 is 0 Å². The fourth-order valence-electron chi connectivity index (χ4n) is 2.05. The zero-order chi connectivity index (χ0) is 19.3. The van der Waals surface area contributed by atoms with Crippen LogP contribution in [-0.4, -0.2) is 30.3 Å². The highest BCUT2D eigenvalue weighted by atomic mass is 16.5. The molecule has 0 fully saturated rings. The Morgan fingerprint density at radius 2 is 1.69 bits per heavy atom. The van der Waals surface area contributed by atoms with Gasteiger partial charge >= 0.3 is 17.4 Å². The van der Waals surface area contributed by atoms with Crippen LogP contribution in [0.3, 0.4) is 0 Å². The normalized spacial score (nSPS) is 9.92. The van der Waals surface area contributed by atoms with E-state index in [1.807, 2.05) is 0 Å². The van der Waals surface area contributed by atoms with Crippen molar-refractivity contribution in [2.24, 2.45) is 0 Å². The van der Waals surface area contributed by atoms with Crippen molar-refractivity contribution >= 4 is 22.6 Å². The average Bonchev–Trinajstić information content (AvgIpc) is 2.62. The van der Waals surface area contributed by atoms with Gasteiger partial charge in [0.15, 0.2) is 0 Å². The van der Waals surface area contributed by atoms with Crippen molar-refractivity contribution in [1.29, 1.82) is 0 Å². The summed E-state index contributed by atoms with van der Waals surface area (Å²) in [6.45, 7) is 0. The maximum absolute atomic E-state index is 11.2. The third kappa shape index (κ3) is 4.20. The number of aromatic carboxylic acids is 1. The number of carboxylic acid groups (broad SMARTS) is 1. The third-order valence-corrected chi connectivity index (χ3v) is 3.36. The number of nitrogen functional groups attached to an aromatic ring is 1. The summed E-state index contributed by atoms with van der Waals surface area (Å²) < 4.78 is 14.1.